The van der Waals surface area contributed by atoms with E-state index in [4.69, 9.17) is 4.74 Å². The van der Waals surface area contributed by atoms with E-state index in [1.165, 1.54) is 6.92 Å². The molecule has 0 bridgehead atoms. The third kappa shape index (κ3) is 3.66. The molecule has 1 aliphatic carbocycles. The van der Waals surface area contributed by atoms with Gasteiger partial charge in [0, 0.05) is 11.3 Å². The molecule has 1 aliphatic rings. The van der Waals surface area contributed by atoms with Crippen LogP contribution < -0.4 is 5.32 Å². The molecule has 20 heavy (non-hydrogen) atoms. The fraction of sp³-hybridized carbons (Fsp3) is 0.400. The molecule has 1 aromatic carbocycles. The minimum absolute atomic E-state index is 0.0277. The molecule has 1 amide bonds. The molecular formula is C15H17NO4. The lowest BCUT2D eigenvalue weighted by molar-refractivity contribution is -0.154. The van der Waals surface area contributed by atoms with Gasteiger partial charge in [-0.3, -0.25) is 14.4 Å². The Morgan fingerprint density at radius 3 is 2.30 bits per heavy atom. The molecule has 1 saturated carbocycles. The lowest BCUT2D eigenvalue weighted by Crippen LogP contribution is -2.30. The zero-order valence-electron chi connectivity index (χ0n) is 11.5. The number of hydrogen-bond acceptors (Lipinski definition) is 4. The van der Waals surface area contributed by atoms with Gasteiger partial charge >= 0.3 is 5.97 Å². The fourth-order valence-electron chi connectivity index (χ4n) is 1.68. The molecule has 5 heteroatoms. The van der Waals surface area contributed by atoms with Crippen LogP contribution >= 0.6 is 0 Å². The number of carbonyl (C=O) groups is 3. The number of carbonyl (C=O) groups excluding carboxylic acids is 3. The van der Waals surface area contributed by atoms with Crippen LogP contribution in [0.3, 0.4) is 0 Å². The van der Waals surface area contributed by atoms with E-state index >= 15 is 0 Å². The summed E-state index contributed by atoms with van der Waals surface area (Å²) in [5.74, 6) is -0.746. The highest BCUT2D eigenvalue weighted by Gasteiger charge is 2.33. The molecule has 0 unspecified atom stereocenters. The van der Waals surface area contributed by atoms with E-state index in [9.17, 15) is 14.4 Å². The average molecular weight is 275 g/mol. The number of esters is 1. The first-order chi connectivity index (χ1) is 9.47. The van der Waals surface area contributed by atoms with Crippen LogP contribution in [0.1, 0.15) is 37.0 Å². The second kappa shape index (κ2) is 5.86. The van der Waals surface area contributed by atoms with Crippen molar-refractivity contribution in [2.24, 2.45) is 5.92 Å². The highest BCUT2D eigenvalue weighted by atomic mass is 16.5. The van der Waals surface area contributed by atoms with Crippen LogP contribution in [-0.2, 0) is 14.3 Å². The predicted molar refractivity (Wildman–Crippen MR) is 73.4 cm³/mol. The second-order valence-corrected chi connectivity index (χ2v) is 4.98. The predicted octanol–water partition coefficient (Wildman–Crippen LogP) is 2.17. The van der Waals surface area contributed by atoms with E-state index in [0.717, 1.165) is 12.8 Å². The number of ketones is 1. The van der Waals surface area contributed by atoms with Gasteiger partial charge in [-0.1, -0.05) is 0 Å². The van der Waals surface area contributed by atoms with Crippen LogP contribution in [0.15, 0.2) is 24.3 Å². The number of nitrogens with one attached hydrogen (secondary N) is 1. The minimum atomic E-state index is -0.824. The molecule has 0 heterocycles. The SMILES string of the molecule is CC(=O)c1ccc(NC(=O)[C@H](C)OC(=O)C2CC2)cc1. The van der Waals surface area contributed by atoms with Crippen molar-refractivity contribution in [1.82, 2.24) is 0 Å². The summed E-state index contributed by atoms with van der Waals surface area (Å²) in [7, 11) is 0. The summed E-state index contributed by atoms with van der Waals surface area (Å²) >= 11 is 0. The number of anilines is 1. The quantitative estimate of drug-likeness (QED) is 0.660. The van der Waals surface area contributed by atoms with E-state index < -0.39 is 6.10 Å². The van der Waals surface area contributed by atoms with Crippen LogP contribution in [0.4, 0.5) is 5.69 Å². The van der Waals surface area contributed by atoms with E-state index in [1.807, 2.05) is 0 Å². The molecule has 0 saturated heterocycles. The van der Waals surface area contributed by atoms with Gasteiger partial charge in [0.25, 0.3) is 5.91 Å². The number of amides is 1. The van der Waals surface area contributed by atoms with Gasteiger partial charge in [0.2, 0.25) is 0 Å². The van der Waals surface area contributed by atoms with Crippen molar-refractivity contribution in [3.63, 3.8) is 0 Å². The molecule has 0 aliphatic heterocycles. The van der Waals surface area contributed by atoms with Gasteiger partial charge < -0.3 is 10.1 Å². The summed E-state index contributed by atoms with van der Waals surface area (Å²) in [6.07, 6.45) is 0.870. The first-order valence-corrected chi connectivity index (χ1v) is 6.59. The number of rotatable bonds is 5. The molecule has 1 N–H and O–H groups in total. The third-order valence-electron chi connectivity index (χ3n) is 3.13. The molecule has 1 fully saturated rings. The monoisotopic (exact) mass is 275 g/mol. The van der Waals surface area contributed by atoms with Crippen LogP contribution in [0.5, 0.6) is 0 Å². The molecule has 2 rings (SSSR count). The Balaban J connectivity index is 1.89. The van der Waals surface area contributed by atoms with E-state index in [0.29, 0.717) is 11.3 Å². The van der Waals surface area contributed by atoms with Gasteiger partial charge in [0.1, 0.15) is 0 Å². The van der Waals surface area contributed by atoms with Crippen molar-refractivity contribution in [1.29, 1.82) is 0 Å². The summed E-state index contributed by atoms with van der Waals surface area (Å²) in [4.78, 5) is 34.4. The van der Waals surface area contributed by atoms with E-state index in [2.05, 4.69) is 5.32 Å². The van der Waals surface area contributed by atoms with Crippen LogP contribution in [-0.4, -0.2) is 23.8 Å². The highest BCUT2D eigenvalue weighted by Crippen LogP contribution is 2.30. The van der Waals surface area contributed by atoms with Crippen molar-refractivity contribution in [2.45, 2.75) is 32.8 Å². The first kappa shape index (κ1) is 14.2. The molecule has 0 radical (unpaired) electrons. The smallest absolute Gasteiger partial charge is 0.309 e. The second-order valence-electron chi connectivity index (χ2n) is 4.98. The lowest BCUT2D eigenvalue weighted by atomic mass is 10.1. The highest BCUT2D eigenvalue weighted by molar-refractivity contribution is 5.97. The minimum Gasteiger partial charge on any atom is -0.452 e. The largest absolute Gasteiger partial charge is 0.452 e. The lowest BCUT2D eigenvalue weighted by Gasteiger charge is -2.13. The van der Waals surface area contributed by atoms with E-state index in [-0.39, 0.29) is 23.6 Å². The number of Topliss-reactive ketones (excluding diaryl/α,β-unsaturated/α-hetero) is 1. The van der Waals surface area contributed by atoms with E-state index in [1.54, 1.807) is 31.2 Å². The van der Waals surface area contributed by atoms with Gasteiger partial charge in [-0.15, -0.1) is 0 Å². The molecule has 0 aromatic heterocycles. The Bertz CT molecular complexity index is 531. The Morgan fingerprint density at radius 2 is 1.80 bits per heavy atom. The summed E-state index contributed by atoms with van der Waals surface area (Å²) in [6, 6.07) is 6.56. The summed E-state index contributed by atoms with van der Waals surface area (Å²) < 4.78 is 5.07. The van der Waals surface area contributed by atoms with Gasteiger partial charge in [-0.2, -0.15) is 0 Å². The van der Waals surface area contributed by atoms with Crippen LogP contribution in [0.2, 0.25) is 0 Å². The molecular weight excluding hydrogens is 258 g/mol. The van der Waals surface area contributed by atoms with Gasteiger partial charge in [-0.05, 0) is 51.0 Å². The zero-order chi connectivity index (χ0) is 14.7. The number of ether oxygens (including phenoxy) is 1. The normalized spacial score (nSPS) is 15.3. The van der Waals surface area contributed by atoms with Crippen molar-refractivity contribution >= 4 is 23.3 Å². The third-order valence-corrected chi connectivity index (χ3v) is 3.13. The van der Waals surface area contributed by atoms with Crippen LogP contribution in [0.25, 0.3) is 0 Å². The van der Waals surface area contributed by atoms with Crippen LogP contribution in [0, 0.1) is 5.92 Å². The Kier molecular flexibility index (Phi) is 4.17. The molecule has 1 atom stereocenters. The Morgan fingerprint density at radius 1 is 1.20 bits per heavy atom. The molecule has 1 aromatic rings. The molecule has 0 spiro atoms. The average Bonchev–Trinajstić information content (AvgIpc) is 3.23. The summed E-state index contributed by atoms with van der Waals surface area (Å²) in [6.45, 7) is 3.02. The molecule has 106 valence electrons. The van der Waals surface area contributed by atoms with Crippen molar-refractivity contribution in [3.8, 4) is 0 Å². The van der Waals surface area contributed by atoms with Crippen molar-refractivity contribution in [3.05, 3.63) is 29.8 Å². The molecule has 5 nitrogen and oxygen atoms in total. The van der Waals surface area contributed by atoms with Crippen molar-refractivity contribution < 1.29 is 19.1 Å². The van der Waals surface area contributed by atoms with Gasteiger partial charge in [0.15, 0.2) is 11.9 Å². The maximum absolute atomic E-state index is 11.9. The summed E-state index contributed by atoms with van der Waals surface area (Å²) in [5, 5.41) is 2.65. The number of hydrogen-bond donors (Lipinski definition) is 1. The standard InChI is InChI=1S/C15H17NO4/c1-9(17)11-5-7-13(8-6-11)16-14(18)10(2)20-15(19)12-3-4-12/h5-8,10,12H,3-4H2,1-2H3,(H,16,18)/t10-/m0/s1. The Labute approximate surface area is 117 Å². The number of benzene rings is 1. The van der Waals surface area contributed by atoms with Gasteiger partial charge in [-0.25, -0.2) is 0 Å². The maximum atomic E-state index is 11.9. The maximum Gasteiger partial charge on any atom is 0.309 e. The fourth-order valence-corrected chi connectivity index (χ4v) is 1.68. The first-order valence-electron chi connectivity index (χ1n) is 6.59. The van der Waals surface area contributed by atoms with Gasteiger partial charge in [0.05, 0.1) is 5.92 Å². The zero-order valence-corrected chi connectivity index (χ0v) is 11.5. The topological polar surface area (TPSA) is 72.5 Å². The summed E-state index contributed by atoms with van der Waals surface area (Å²) in [5.41, 5.74) is 1.14. The van der Waals surface area contributed by atoms with Crippen molar-refractivity contribution in [2.75, 3.05) is 5.32 Å². The Hall–Kier alpha value is -2.17.